The van der Waals surface area contributed by atoms with Crippen molar-refractivity contribution in [2.75, 3.05) is 31.4 Å². The maximum absolute atomic E-state index is 12.7. The van der Waals surface area contributed by atoms with Gasteiger partial charge in [-0.3, -0.25) is 4.79 Å². The van der Waals surface area contributed by atoms with Gasteiger partial charge in [-0.25, -0.2) is 4.98 Å². The predicted molar refractivity (Wildman–Crippen MR) is 124 cm³/mol. The first-order valence-electron chi connectivity index (χ1n) is 10.7. The number of nitrogens with zero attached hydrogens (tertiary/aromatic N) is 3. The summed E-state index contributed by atoms with van der Waals surface area (Å²) in [6, 6.07) is 15.8. The Bertz CT molecular complexity index is 1060. The SMILES string of the molecule is COc1ccccc1C(=O)NC1CCC(Nc2nc(N(C)C)c3ccccc3n2)CC1. The van der Waals surface area contributed by atoms with Crippen molar-refractivity contribution in [1.29, 1.82) is 0 Å². The summed E-state index contributed by atoms with van der Waals surface area (Å²) >= 11 is 0. The number of hydrogen-bond donors (Lipinski definition) is 2. The lowest BCUT2D eigenvalue weighted by atomic mass is 9.91. The smallest absolute Gasteiger partial charge is 0.255 e. The van der Waals surface area contributed by atoms with Crippen molar-refractivity contribution in [2.45, 2.75) is 37.8 Å². The Labute approximate surface area is 182 Å². The van der Waals surface area contributed by atoms with Crippen LogP contribution in [0.25, 0.3) is 10.9 Å². The molecule has 1 amide bonds. The van der Waals surface area contributed by atoms with E-state index >= 15 is 0 Å². The van der Waals surface area contributed by atoms with Crippen LogP contribution in [0.3, 0.4) is 0 Å². The summed E-state index contributed by atoms with van der Waals surface area (Å²) < 4.78 is 5.31. The maximum atomic E-state index is 12.7. The van der Waals surface area contributed by atoms with Crippen molar-refractivity contribution >= 4 is 28.6 Å². The zero-order chi connectivity index (χ0) is 21.8. The van der Waals surface area contributed by atoms with Crippen molar-refractivity contribution in [3.05, 3.63) is 54.1 Å². The molecule has 1 saturated carbocycles. The predicted octanol–water partition coefficient (Wildman–Crippen LogP) is 3.86. The van der Waals surface area contributed by atoms with Crippen LogP contribution in [0, 0.1) is 0 Å². The Morgan fingerprint density at radius 1 is 0.968 bits per heavy atom. The molecule has 0 saturated heterocycles. The number of aromatic nitrogens is 2. The number of hydrogen-bond acceptors (Lipinski definition) is 6. The first kappa shape index (κ1) is 20.9. The summed E-state index contributed by atoms with van der Waals surface area (Å²) in [5.41, 5.74) is 1.51. The van der Waals surface area contributed by atoms with E-state index in [1.54, 1.807) is 19.2 Å². The Kier molecular flexibility index (Phi) is 6.21. The Morgan fingerprint density at radius 2 is 1.65 bits per heavy atom. The Balaban J connectivity index is 1.38. The number of benzene rings is 2. The third kappa shape index (κ3) is 4.71. The van der Waals surface area contributed by atoms with Crippen molar-refractivity contribution < 1.29 is 9.53 Å². The number of carbonyl (C=O) groups is 1. The number of fused-ring (bicyclic) bond motifs is 1. The highest BCUT2D eigenvalue weighted by atomic mass is 16.5. The lowest BCUT2D eigenvalue weighted by molar-refractivity contribution is 0.0923. The van der Waals surface area contributed by atoms with Crippen LogP contribution in [-0.2, 0) is 0 Å². The molecule has 0 unspecified atom stereocenters. The minimum absolute atomic E-state index is 0.0812. The minimum Gasteiger partial charge on any atom is -0.496 e. The van der Waals surface area contributed by atoms with Crippen molar-refractivity contribution in [3.63, 3.8) is 0 Å². The molecule has 31 heavy (non-hydrogen) atoms. The zero-order valence-electron chi connectivity index (χ0n) is 18.3. The van der Waals surface area contributed by atoms with Crippen LogP contribution in [0.2, 0.25) is 0 Å². The van der Waals surface area contributed by atoms with Gasteiger partial charge in [-0.2, -0.15) is 4.98 Å². The van der Waals surface area contributed by atoms with E-state index in [0.29, 0.717) is 17.3 Å². The molecule has 1 aliphatic carbocycles. The Hall–Kier alpha value is -3.35. The van der Waals surface area contributed by atoms with Crippen LogP contribution in [-0.4, -0.2) is 49.2 Å². The first-order valence-corrected chi connectivity index (χ1v) is 10.7. The van der Waals surface area contributed by atoms with Gasteiger partial charge in [0.1, 0.15) is 11.6 Å². The second kappa shape index (κ2) is 9.20. The molecule has 2 aromatic carbocycles. The fourth-order valence-corrected chi connectivity index (χ4v) is 4.13. The molecule has 162 valence electrons. The number of anilines is 2. The van der Waals surface area contributed by atoms with Crippen molar-refractivity contribution in [3.8, 4) is 5.75 Å². The minimum atomic E-state index is -0.0812. The van der Waals surface area contributed by atoms with E-state index in [-0.39, 0.29) is 18.0 Å². The first-order chi connectivity index (χ1) is 15.0. The van der Waals surface area contributed by atoms with Gasteiger partial charge in [-0.15, -0.1) is 0 Å². The molecule has 0 radical (unpaired) electrons. The summed E-state index contributed by atoms with van der Waals surface area (Å²) in [5.74, 6) is 2.08. The number of rotatable bonds is 6. The average molecular weight is 420 g/mol. The molecule has 7 nitrogen and oxygen atoms in total. The highest BCUT2D eigenvalue weighted by Crippen LogP contribution is 2.27. The van der Waals surface area contributed by atoms with Gasteiger partial charge < -0.3 is 20.3 Å². The number of nitrogens with one attached hydrogen (secondary N) is 2. The van der Waals surface area contributed by atoms with E-state index in [0.717, 1.165) is 42.4 Å². The van der Waals surface area contributed by atoms with E-state index in [2.05, 4.69) is 10.6 Å². The molecule has 2 N–H and O–H groups in total. The average Bonchev–Trinajstić information content (AvgIpc) is 2.79. The van der Waals surface area contributed by atoms with E-state index in [4.69, 9.17) is 14.7 Å². The molecule has 1 aromatic heterocycles. The van der Waals surface area contributed by atoms with E-state index in [1.165, 1.54) is 0 Å². The molecular formula is C24H29N5O2. The number of ether oxygens (including phenoxy) is 1. The molecule has 0 spiro atoms. The number of amides is 1. The van der Waals surface area contributed by atoms with Gasteiger partial charge in [-0.05, 0) is 49.9 Å². The fourth-order valence-electron chi connectivity index (χ4n) is 4.13. The molecule has 1 aliphatic rings. The highest BCUT2D eigenvalue weighted by molar-refractivity contribution is 5.97. The van der Waals surface area contributed by atoms with Crippen LogP contribution < -0.4 is 20.3 Å². The summed E-state index contributed by atoms with van der Waals surface area (Å²) in [6.45, 7) is 0. The topological polar surface area (TPSA) is 79.4 Å². The third-order valence-electron chi connectivity index (χ3n) is 5.75. The van der Waals surface area contributed by atoms with Gasteiger partial charge >= 0.3 is 0 Å². The molecule has 1 heterocycles. The van der Waals surface area contributed by atoms with Crippen LogP contribution in [0.5, 0.6) is 5.75 Å². The quantitative estimate of drug-likeness (QED) is 0.632. The molecular weight excluding hydrogens is 390 g/mol. The lowest BCUT2D eigenvalue weighted by Gasteiger charge is -2.30. The molecule has 7 heteroatoms. The second-order valence-electron chi connectivity index (χ2n) is 8.15. The van der Waals surface area contributed by atoms with Gasteiger partial charge in [0.25, 0.3) is 5.91 Å². The van der Waals surface area contributed by atoms with Crippen LogP contribution >= 0.6 is 0 Å². The molecule has 0 aliphatic heterocycles. The molecule has 0 bridgehead atoms. The van der Waals surface area contributed by atoms with E-state index < -0.39 is 0 Å². The molecule has 1 fully saturated rings. The lowest BCUT2D eigenvalue weighted by Crippen LogP contribution is -2.40. The number of carbonyl (C=O) groups excluding carboxylic acids is 1. The Morgan fingerprint density at radius 3 is 2.39 bits per heavy atom. The maximum Gasteiger partial charge on any atom is 0.255 e. The van der Waals surface area contributed by atoms with Gasteiger partial charge in [0.2, 0.25) is 5.95 Å². The standard InChI is InChI=1S/C24H29N5O2/c1-29(2)22-18-8-4-6-10-20(18)27-24(28-22)26-17-14-12-16(13-15-17)25-23(30)19-9-5-7-11-21(19)31-3/h4-11,16-17H,12-15H2,1-3H3,(H,25,30)(H,26,27,28). The van der Waals surface area contributed by atoms with Gasteiger partial charge in [0.15, 0.2) is 0 Å². The normalized spacial score (nSPS) is 18.4. The summed E-state index contributed by atoms with van der Waals surface area (Å²) in [7, 11) is 5.57. The summed E-state index contributed by atoms with van der Waals surface area (Å²) in [6.07, 6.45) is 3.72. The number of para-hydroxylation sites is 2. The molecule has 3 aromatic rings. The van der Waals surface area contributed by atoms with Crippen molar-refractivity contribution in [1.82, 2.24) is 15.3 Å². The van der Waals surface area contributed by atoms with Gasteiger partial charge in [0.05, 0.1) is 18.2 Å². The van der Waals surface area contributed by atoms with Gasteiger partial charge in [0, 0.05) is 31.6 Å². The number of methoxy groups -OCH3 is 1. The van der Waals surface area contributed by atoms with Crippen molar-refractivity contribution in [2.24, 2.45) is 0 Å². The highest BCUT2D eigenvalue weighted by Gasteiger charge is 2.24. The second-order valence-corrected chi connectivity index (χ2v) is 8.15. The van der Waals surface area contributed by atoms with E-state index in [1.807, 2.05) is 55.4 Å². The van der Waals surface area contributed by atoms with Crippen LogP contribution in [0.1, 0.15) is 36.0 Å². The summed E-state index contributed by atoms with van der Waals surface area (Å²) in [5, 5.41) is 7.71. The third-order valence-corrected chi connectivity index (χ3v) is 5.75. The molecule has 0 atom stereocenters. The molecule has 4 rings (SSSR count). The largest absolute Gasteiger partial charge is 0.496 e. The summed E-state index contributed by atoms with van der Waals surface area (Å²) in [4.78, 5) is 24.1. The zero-order valence-corrected chi connectivity index (χ0v) is 18.3. The monoisotopic (exact) mass is 419 g/mol. The van der Waals surface area contributed by atoms with Crippen LogP contribution in [0.15, 0.2) is 48.5 Å². The van der Waals surface area contributed by atoms with Gasteiger partial charge in [-0.1, -0.05) is 24.3 Å². The van der Waals surface area contributed by atoms with Crippen LogP contribution in [0.4, 0.5) is 11.8 Å². The fraction of sp³-hybridized carbons (Fsp3) is 0.375. The van der Waals surface area contributed by atoms with E-state index in [9.17, 15) is 4.79 Å².